The molecule has 140 valence electrons. The largest absolute Gasteiger partial charge is 0.354 e. The number of piperazine rings is 1. The normalized spacial score (nSPS) is 16.4. The fourth-order valence-corrected chi connectivity index (χ4v) is 4.18. The molecule has 8 heteroatoms. The van der Waals surface area contributed by atoms with Gasteiger partial charge in [0.25, 0.3) is 0 Å². The topological polar surface area (TPSA) is 61.4 Å². The maximum absolute atomic E-state index is 12.7. The lowest BCUT2D eigenvalue weighted by molar-refractivity contribution is -0.120. The number of carbonyl (C=O) groups excluding carboxylic acids is 1. The Bertz CT molecular complexity index is 904. The van der Waals surface area contributed by atoms with Crippen molar-refractivity contribution in [3.63, 3.8) is 0 Å². The van der Waals surface area contributed by atoms with Crippen LogP contribution in [0.3, 0.4) is 0 Å². The van der Waals surface area contributed by atoms with Gasteiger partial charge in [-0.25, -0.2) is 9.97 Å². The molecule has 1 unspecified atom stereocenters. The highest BCUT2D eigenvalue weighted by molar-refractivity contribution is 7.22. The smallest absolute Gasteiger partial charge is 0.243 e. The van der Waals surface area contributed by atoms with Crippen molar-refractivity contribution in [3.05, 3.63) is 47.6 Å². The van der Waals surface area contributed by atoms with Crippen LogP contribution in [0.4, 0.5) is 10.9 Å². The number of fused-ring (bicyclic) bond motifs is 1. The molecule has 2 aromatic heterocycles. The fourth-order valence-electron chi connectivity index (χ4n) is 3.19. The van der Waals surface area contributed by atoms with Gasteiger partial charge >= 0.3 is 0 Å². The third-order valence-electron chi connectivity index (χ3n) is 4.80. The number of aromatic nitrogens is 2. The van der Waals surface area contributed by atoms with Crippen LogP contribution in [-0.4, -0.2) is 53.0 Å². The highest BCUT2D eigenvalue weighted by atomic mass is 35.5. The first kappa shape index (κ1) is 18.2. The Morgan fingerprint density at radius 3 is 2.67 bits per heavy atom. The molecule has 27 heavy (non-hydrogen) atoms. The van der Waals surface area contributed by atoms with Crippen molar-refractivity contribution >= 4 is 50.0 Å². The number of anilines is 2. The van der Waals surface area contributed by atoms with Gasteiger partial charge in [-0.1, -0.05) is 35.1 Å². The Morgan fingerprint density at radius 1 is 1.19 bits per heavy atom. The molecule has 1 N–H and O–H groups in total. The average Bonchev–Trinajstić information content (AvgIpc) is 3.10. The summed E-state index contributed by atoms with van der Waals surface area (Å²) in [5.74, 6) is 0.901. The molecule has 1 aliphatic rings. The quantitative estimate of drug-likeness (QED) is 0.725. The van der Waals surface area contributed by atoms with E-state index in [-0.39, 0.29) is 11.9 Å². The number of amides is 1. The molecule has 1 fully saturated rings. The van der Waals surface area contributed by atoms with Crippen LogP contribution in [0.1, 0.15) is 6.92 Å². The Hall–Kier alpha value is -2.22. The lowest BCUT2D eigenvalue weighted by atomic mass is 10.2. The second kappa shape index (κ2) is 7.80. The van der Waals surface area contributed by atoms with E-state index in [4.69, 9.17) is 11.6 Å². The number of rotatable bonds is 4. The zero-order chi connectivity index (χ0) is 18.8. The van der Waals surface area contributed by atoms with Gasteiger partial charge in [-0.05, 0) is 31.2 Å². The molecule has 0 saturated carbocycles. The van der Waals surface area contributed by atoms with Crippen LogP contribution in [0.15, 0.2) is 42.6 Å². The molecule has 1 aromatic carbocycles. The zero-order valence-corrected chi connectivity index (χ0v) is 16.5. The monoisotopic (exact) mass is 401 g/mol. The number of para-hydroxylation sites is 1. The van der Waals surface area contributed by atoms with Gasteiger partial charge < -0.3 is 10.2 Å². The molecule has 0 spiro atoms. The van der Waals surface area contributed by atoms with Crippen molar-refractivity contribution in [2.75, 3.05) is 36.4 Å². The minimum atomic E-state index is -0.211. The van der Waals surface area contributed by atoms with E-state index in [1.165, 1.54) is 11.3 Å². The van der Waals surface area contributed by atoms with Crippen molar-refractivity contribution < 1.29 is 4.79 Å². The SMILES string of the molecule is CC(C(=O)Nc1nc2ccccc2s1)N1CCN(c2ccc(Cl)cn2)CC1. The first-order valence-corrected chi connectivity index (χ1v) is 10.1. The molecule has 0 radical (unpaired) electrons. The molecule has 1 saturated heterocycles. The highest BCUT2D eigenvalue weighted by Crippen LogP contribution is 2.25. The minimum Gasteiger partial charge on any atom is -0.354 e. The summed E-state index contributed by atoms with van der Waals surface area (Å²) in [6, 6.07) is 11.5. The van der Waals surface area contributed by atoms with Crippen molar-refractivity contribution in [1.82, 2.24) is 14.9 Å². The Balaban J connectivity index is 1.34. The summed E-state index contributed by atoms with van der Waals surface area (Å²) in [5.41, 5.74) is 0.912. The molecular formula is C19H20ClN5OS. The van der Waals surface area contributed by atoms with E-state index in [9.17, 15) is 4.79 Å². The van der Waals surface area contributed by atoms with Gasteiger partial charge in [0.2, 0.25) is 5.91 Å². The lowest BCUT2D eigenvalue weighted by Gasteiger charge is -2.37. The first-order chi connectivity index (χ1) is 13.1. The third kappa shape index (κ3) is 4.05. The summed E-state index contributed by atoms with van der Waals surface area (Å²) in [5, 5.41) is 4.25. The van der Waals surface area contributed by atoms with Gasteiger partial charge in [-0.15, -0.1) is 0 Å². The molecule has 3 heterocycles. The van der Waals surface area contributed by atoms with E-state index in [0.29, 0.717) is 10.2 Å². The van der Waals surface area contributed by atoms with E-state index in [0.717, 1.165) is 42.2 Å². The Morgan fingerprint density at radius 2 is 1.96 bits per heavy atom. The van der Waals surface area contributed by atoms with E-state index >= 15 is 0 Å². The molecule has 4 rings (SSSR count). The van der Waals surface area contributed by atoms with Crippen LogP contribution in [0.25, 0.3) is 10.2 Å². The van der Waals surface area contributed by atoms with Crippen LogP contribution in [0, 0.1) is 0 Å². The van der Waals surface area contributed by atoms with Gasteiger partial charge in [0.1, 0.15) is 5.82 Å². The highest BCUT2D eigenvalue weighted by Gasteiger charge is 2.26. The predicted molar refractivity (Wildman–Crippen MR) is 111 cm³/mol. The molecule has 6 nitrogen and oxygen atoms in total. The number of pyridine rings is 1. The minimum absolute atomic E-state index is 0.0212. The maximum Gasteiger partial charge on any atom is 0.243 e. The summed E-state index contributed by atoms with van der Waals surface area (Å²) in [4.78, 5) is 25.9. The number of carbonyl (C=O) groups is 1. The van der Waals surface area contributed by atoms with Crippen LogP contribution in [-0.2, 0) is 4.79 Å². The third-order valence-corrected chi connectivity index (χ3v) is 5.98. The summed E-state index contributed by atoms with van der Waals surface area (Å²) >= 11 is 7.40. The van der Waals surface area contributed by atoms with E-state index in [1.807, 2.05) is 43.3 Å². The average molecular weight is 402 g/mol. The standard InChI is InChI=1S/C19H20ClN5OS/c1-13(18(26)23-19-22-15-4-2-3-5-16(15)27-19)24-8-10-25(11-9-24)17-7-6-14(20)12-21-17/h2-7,12-13H,8-11H2,1H3,(H,22,23,26). The molecule has 0 aliphatic carbocycles. The number of nitrogens with one attached hydrogen (secondary N) is 1. The van der Waals surface area contributed by atoms with Gasteiger partial charge in [-0.2, -0.15) is 0 Å². The van der Waals surface area contributed by atoms with E-state index in [1.54, 1.807) is 6.20 Å². The van der Waals surface area contributed by atoms with Crippen LogP contribution >= 0.6 is 22.9 Å². The Labute approximate surface area is 166 Å². The molecule has 1 amide bonds. The second-order valence-corrected chi connectivity index (χ2v) is 7.98. The molecule has 1 atom stereocenters. The second-order valence-electron chi connectivity index (χ2n) is 6.51. The van der Waals surface area contributed by atoms with Crippen LogP contribution in [0.5, 0.6) is 0 Å². The van der Waals surface area contributed by atoms with Gasteiger partial charge in [0.15, 0.2) is 5.13 Å². The first-order valence-electron chi connectivity index (χ1n) is 8.87. The fraction of sp³-hybridized carbons (Fsp3) is 0.316. The number of hydrogen-bond acceptors (Lipinski definition) is 6. The molecule has 3 aromatic rings. The lowest BCUT2D eigenvalue weighted by Crippen LogP contribution is -2.53. The number of thiazole rings is 1. The summed E-state index contributed by atoms with van der Waals surface area (Å²) in [6.45, 7) is 5.21. The van der Waals surface area contributed by atoms with E-state index in [2.05, 4.69) is 25.1 Å². The van der Waals surface area contributed by atoms with Crippen molar-refractivity contribution in [2.24, 2.45) is 0 Å². The van der Waals surface area contributed by atoms with Gasteiger partial charge in [0.05, 0.1) is 21.3 Å². The summed E-state index contributed by atoms with van der Waals surface area (Å²) in [7, 11) is 0. The zero-order valence-electron chi connectivity index (χ0n) is 14.9. The maximum atomic E-state index is 12.7. The van der Waals surface area contributed by atoms with Crippen LogP contribution in [0.2, 0.25) is 5.02 Å². The number of halogens is 1. The summed E-state index contributed by atoms with van der Waals surface area (Å²) in [6.07, 6.45) is 1.66. The molecule has 0 bridgehead atoms. The number of benzene rings is 1. The molecule has 1 aliphatic heterocycles. The molecular weight excluding hydrogens is 382 g/mol. The van der Waals surface area contributed by atoms with Crippen molar-refractivity contribution in [2.45, 2.75) is 13.0 Å². The number of nitrogens with zero attached hydrogens (tertiary/aromatic N) is 4. The Kier molecular flexibility index (Phi) is 5.24. The van der Waals surface area contributed by atoms with Gasteiger partial charge in [0, 0.05) is 32.4 Å². The number of hydrogen-bond donors (Lipinski definition) is 1. The van der Waals surface area contributed by atoms with Gasteiger partial charge in [-0.3, -0.25) is 9.69 Å². The summed E-state index contributed by atoms with van der Waals surface area (Å²) < 4.78 is 1.07. The predicted octanol–water partition coefficient (Wildman–Crippen LogP) is 3.49. The van der Waals surface area contributed by atoms with Crippen molar-refractivity contribution in [3.8, 4) is 0 Å². The van der Waals surface area contributed by atoms with Crippen LogP contribution < -0.4 is 10.2 Å². The van der Waals surface area contributed by atoms with Crippen molar-refractivity contribution in [1.29, 1.82) is 0 Å². The van der Waals surface area contributed by atoms with E-state index < -0.39 is 0 Å².